The van der Waals surface area contributed by atoms with Crippen molar-refractivity contribution < 1.29 is 4.79 Å². The molecule has 1 saturated heterocycles. The number of urea groups is 1. The van der Waals surface area contributed by atoms with E-state index in [9.17, 15) is 4.79 Å². The van der Waals surface area contributed by atoms with Crippen LogP contribution in [0.4, 0.5) is 4.79 Å². The summed E-state index contributed by atoms with van der Waals surface area (Å²) in [6, 6.07) is 9.68. The van der Waals surface area contributed by atoms with E-state index in [1.165, 1.54) is 0 Å². The number of carbonyl (C=O) groups excluding carboxylic acids is 1. The van der Waals surface area contributed by atoms with E-state index in [4.69, 9.17) is 5.41 Å². The zero-order chi connectivity index (χ0) is 13.0. The van der Waals surface area contributed by atoms with E-state index < -0.39 is 0 Å². The fraction of sp³-hybridized carbons (Fsp3) is 0.429. The van der Waals surface area contributed by atoms with Gasteiger partial charge in [-0.15, -0.1) is 0 Å². The predicted octanol–water partition coefficient (Wildman–Crippen LogP) is 2.75. The lowest BCUT2D eigenvalue weighted by Crippen LogP contribution is -2.34. The van der Waals surface area contributed by atoms with Crippen LogP contribution in [0.2, 0.25) is 0 Å². The molecule has 1 aliphatic rings. The van der Waals surface area contributed by atoms with Crippen molar-refractivity contribution in [3.8, 4) is 0 Å². The summed E-state index contributed by atoms with van der Waals surface area (Å²) in [5, 5.41) is 10.5. The minimum atomic E-state index is -0.148. The van der Waals surface area contributed by atoms with E-state index in [0.717, 1.165) is 24.8 Å². The number of amides is 2. The second kappa shape index (κ2) is 5.67. The quantitative estimate of drug-likeness (QED) is 0.823. The first-order valence-corrected chi connectivity index (χ1v) is 6.42. The number of carbonyl (C=O) groups is 1. The Morgan fingerprint density at radius 2 is 2.06 bits per heavy atom. The second-order valence-corrected chi connectivity index (χ2v) is 4.62. The molecule has 1 heterocycles. The molecular weight excluding hydrogens is 226 g/mol. The Bertz CT molecular complexity index is 430. The second-order valence-electron chi connectivity index (χ2n) is 4.62. The van der Waals surface area contributed by atoms with Crippen LogP contribution in [0.15, 0.2) is 30.3 Å². The third kappa shape index (κ3) is 2.70. The number of benzene rings is 1. The molecule has 1 fully saturated rings. The molecule has 4 nitrogen and oxygen atoms in total. The topological polar surface area (TPSA) is 56.2 Å². The summed E-state index contributed by atoms with van der Waals surface area (Å²) in [4.78, 5) is 13.6. The Morgan fingerprint density at radius 1 is 1.33 bits per heavy atom. The predicted molar refractivity (Wildman–Crippen MR) is 71.6 cm³/mol. The van der Waals surface area contributed by atoms with Gasteiger partial charge in [-0.25, -0.2) is 4.79 Å². The first-order valence-electron chi connectivity index (χ1n) is 6.42. The summed E-state index contributed by atoms with van der Waals surface area (Å²) in [6.07, 6.45) is 2.98. The van der Waals surface area contributed by atoms with Crippen molar-refractivity contribution in [2.45, 2.75) is 38.8 Å². The summed E-state index contributed by atoms with van der Waals surface area (Å²) in [6.45, 7) is 2.69. The zero-order valence-electron chi connectivity index (χ0n) is 10.6. The van der Waals surface area contributed by atoms with Crippen LogP contribution in [-0.4, -0.2) is 22.8 Å². The molecule has 1 atom stereocenters. The van der Waals surface area contributed by atoms with E-state index in [1.807, 2.05) is 30.3 Å². The maximum absolute atomic E-state index is 11.8. The Labute approximate surface area is 108 Å². The number of rotatable bonds is 5. The number of amidine groups is 1. The normalized spacial score (nSPS) is 19.2. The highest BCUT2D eigenvalue weighted by Crippen LogP contribution is 2.18. The van der Waals surface area contributed by atoms with Crippen LogP contribution in [0.25, 0.3) is 0 Å². The van der Waals surface area contributed by atoms with Crippen molar-refractivity contribution in [3.05, 3.63) is 35.9 Å². The van der Waals surface area contributed by atoms with Gasteiger partial charge < -0.3 is 4.90 Å². The fourth-order valence-corrected chi connectivity index (χ4v) is 2.23. The van der Waals surface area contributed by atoms with Gasteiger partial charge in [-0.05, 0) is 12.0 Å². The maximum Gasteiger partial charge on any atom is 0.323 e. The Hall–Kier alpha value is -1.84. The first-order chi connectivity index (χ1) is 8.72. The summed E-state index contributed by atoms with van der Waals surface area (Å²) in [5.41, 5.74) is 1.10. The van der Waals surface area contributed by atoms with E-state index in [1.54, 1.807) is 4.90 Å². The van der Waals surface area contributed by atoms with Gasteiger partial charge in [0.2, 0.25) is 0 Å². The molecule has 1 aromatic carbocycles. The minimum Gasteiger partial charge on any atom is -0.310 e. The van der Waals surface area contributed by atoms with E-state index in [2.05, 4.69) is 12.2 Å². The maximum atomic E-state index is 11.8. The average Bonchev–Trinajstić information content (AvgIpc) is 2.63. The van der Waals surface area contributed by atoms with Crippen molar-refractivity contribution >= 4 is 11.9 Å². The number of unbranched alkanes of at least 4 members (excludes halogenated alkanes) is 1. The minimum absolute atomic E-state index is 0.0855. The molecule has 96 valence electrons. The zero-order valence-corrected chi connectivity index (χ0v) is 10.6. The Kier molecular flexibility index (Phi) is 3.97. The summed E-state index contributed by atoms with van der Waals surface area (Å²) < 4.78 is 0. The van der Waals surface area contributed by atoms with Crippen LogP contribution in [0.3, 0.4) is 0 Å². The van der Waals surface area contributed by atoms with E-state index >= 15 is 0 Å². The molecule has 18 heavy (non-hydrogen) atoms. The lowest BCUT2D eigenvalue weighted by Gasteiger charge is -2.22. The van der Waals surface area contributed by atoms with Gasteiger partial charge in [-0.3, -0.25) is 10.7 Å². The standard InChI is InChI=1S/C14H19N3O/c1-2-3-9-12-13(15)16-14(18)17(12)10-11-7-5-4-6-8-11/h4-8,12H,2-3,9-10H2,1H3,(H2,15,16,18). The van der Waals surface area contributed by atoms with Crippen molar-refractivity contribution in [1.82, 2.24) is 10.2 Å². The molecule has 1 aromatic rings. The van der Waals surface area contributed by atoms with Crippen LogP contribution in [0.5, 0.6) is 0 Å². The lowest BCUT2D eigenvalue weighted by molar-refractivity contribution is 0.200. The molecule has 0 bridgehead atoms. The van der Waals surface area contributed by atoms with Crippen molar-refractivity contribution in [1.29, 1.82) is 5.41 Å². The van der Waals surface area contributed by atoms with E-state index in [-0.39, 0.29) is 12.1 Å². The van der Waals surface area contributed by atoms with Gasteiger partial charge in [-0.1, -0.05) is 50.1 Å². The Morgan fingerprint density at radius 3 is 2.72 bits per heavy atom. The third-order valence-electron chi connectivity index (χ3n) is 3.24. The first kappa shape index (κ1) is 12.6. The van der Waals surface area contributed by atoms with Gasteiger partial charge >= 0.3 is 6.03 Å². The van der Waals surface area contributed by atoms with Gasteiger partial charge in [0.05, 0.1) is 6.04 Å². The molecule has 2 rings (SSSR count). The molecule has 0 saturated carbocycles. The molecule has 0 spiro atoms. The SMILES string of the molecule is CCCCC1C(=N)NC(=O)N1Cc1ccccc1. The molecule has 4 heteroatoms. The highest BCUT2D eigenvalue weighted by molar-refractivity contribution is 6.05. The fourth-order valence-electron chi connectivity index (χ4n) is 2.23. The van der Waals surface area contributed by atoms with Crippen molar-refractivity contribution in [2.24, 2.45) is 0 Å². The van der Waals surface area contributed by atoms with Gasteiger partial charge in [-0.2, -0.15) is 0 Å². The summed E-state index contributed by atoms with van der Waals surface area (Å²) >= 11 is 0. The summed E-state index contributed by atoms with van der Waals surface area (Å²) in [5.74, 6) is 0.337. The van der Waals surface area contributed by atoms with Crippen molar-refractivity contribution in [2.75, 3.05) is 0 Å². The highest BCUT2D eigenvalue weighted by atomic mass is 16.2. The van der Waals surface area contributed by atoms with Crippen LogP contribution < -0.4 is 5.32 Å². The highest BCUT2D eigenvalue weighted by Gasteiger charge is 2.34. The van der Waals surface area contributed by atoms with Gasteiger partial charge in [0, 0.05) is 6.54 Å². The molecule has 2 amide bonds. The van der Waals surface area contributed by atoms with Gasteiger partial charge in [0.15, 0.2) is 0 Å². The third-order valence-corrected chi connectivity index (χ3v) is 3.24. The molecule has 0 aliphatic carbocycles. The number of hydrogen-bond acceptors (Lipinski definition) is 2. The largest absolute Gasteiger partial charge is 0.323 e. The number of nitrogens with one attached hydrogen (secondary N) is 2. The van der Waals surface area contributed by atoms with Crippen LogP contribution >= 0.6 is 0 Å². The van der Waals surface area contributed by atoms with Crippen LogP contribution in [0, 0.1) is 5.41 Å². The number of nitrogens with zero attached hydrogens (tertiary/aromatic N) is 1. The van der Waals surface area contributed by atoms with Crippen LogP contribution in [-0.2, 0) is 6.54 Å². The lowest BCUT2D eigenvalue weighted by atomic mass is 10.1. The molecule has 1 unspecified atom stereocenters. The Balaban J connectivity index is 2.08. The van der Waals surface area contributed by atoms with Gasteiger partial charge in [0.1, 0.15) is 5.84 Å². The number of hydrogen-bond donors (Lipinski definition) is 2. The molecule has 1 aliphatic heterocycles. The molecular formula is C14H19N3O. The molecule has 2 N–H and O–H groups in total. The van der Waals surface area contributed by atoms with Crippen molar-refractivity contribution in [3.63, 3.8) is 0 Å². The molecule has 0 aromatic heterocycles. The average molecular weight is 245 g/mol. The van der Waals surface area contributed by atoms with E-state index in [0.29, 0.717) is 12.4 Å². The smallest absolute Gasteiger partial charge is 0.310 e. The van der Waals surface area contributed by atoms with Gasteiger partial charge in [0.25, 0.3) is 0 Å². The monoisotopic (exact) mass is 245 g/mol. The summed E-state index contributed by atoms with van der Waals surface area (Å²) in [7, 11) is 0. The van der Waals surface area contributed by atoms with Crippen LogP contribution in [0.1, 0.15) is 31.7 Å². The molecule has 0 radical (unpaired) electrons.